The summed E-state index contributed by atoms with van der Waals surface area (Å²) >= 11 is 0. The lowest BCUT2D eigenvalue weighted by molar-refractivity contribution is 0.122. The first-order chi connectivity index (χ1) is 15.6. The summed E-state index contributed by atoms with van der Waals surface area (Å²) in [6, 6.07) is 7.05. The number of rotatable bonds is 6. The predicted octanol–water partition coefficient (Wildman–Crippen LogP) is 4.76. The first-order valence-electron chi connectivity index (χ1n) is 10.6. The maximum Gasteiger partial charge on any atom is 0.132 e. The standard InChI is InChI=1S/C25H26FN5O/c1-4-7-27-22(17(2)3)13-18-5-6-21(26)20(12-18)24-25-23(29-16-30-24)14-19(15-28-25)31-8-10-32-11-9-31/h4-7,12,14-16H,1,8-11,13H2,2-3H3. The van der Waals surface area contributed by atoms with Crippen LogP contribution in [-0.2, 0) is 11.2 Å². The van der Waals surface area contributed by atoms with E-state index < -0.39 is 0 Å². The van der Waals surface area contributed by atoms with Crippen LogP contribution in [0.1, 0.15) is 19.4 Å². The quantitative estimate of drug-likeness (QED) is 0.527. The van der Waals surface area contributed by atoms with Gasteiger partial charge in [-0.05, 0) is 37.6 Å². The molecule has 4 rings (SSSR count). The van der Waals surface area contributed by atoms with Gasteiger partial charge in [0.2, 0.25) is 0 Å². The van der Waals surface area contributed by atoms with Crippen LogP contribution in [0.5, 0.6) is 0 Å². The van der Waals surface area contributed by atoms with E-state index >= 15 is 0 Å². The van der Waals surface area contributed by atoms with Crippen molar-refractivity contribution in [2.45, 2.75) is 20.3 Å². The van der Waals surface area contributed by atoms with Gasteiger partial charge in [0, 0.05) is 37.0 Å². The zero-order valence-electron chi connectivity index (χ0n) is 18.4. The van der Waals surface area contributed by atoms with E-state index in [1.807, 2.05) is 26.0 Å². The summed E-state index contributed by atoms with van der Waals surface area (Å²) < 4.78 is 20.3. The van der Waals surface area contributed by atoms with Gasteiger partial charge in [0.25, 0.3) is 0 Å². The second-order valence-electron chi connectivity index (χ2n) is 7.83. The molecule has 3 aromatic rings. The first-order valence-corrected chi connectivity index (χ1v) is 10.6. The molecular weight excluding hydrogens is 405 g/mol. The van der Waals surface area contributed by atoms with Crippen molar-refractivity contribution in [3.63, 3.8) is 0 Å². The number of aliphatic imine (C=N–C) groups is 1. The van der Waals surface area contributed by atoms with E-state index in [4.69, 9.17) is 4.74 Å². The van der Waals surface area contributed by atoms with E-state index in [-0.39, 0.29) is 5.82 Å². The van der Waals surface area contributed by atoms with Gasteiger partial charge in [0.05, 0.1) is 30.6 Å². The molecule has 1 fully saturated rings. The lowest BCUT2D eigenvalue weighted by atomic mass is 10.0. The van der Waals surface area contributed by atoms with E-state index in [1.165, 1.54) is 12.4 Å². The van der Waals surface area contributed by atoms with Crippen LogP contribution < -0.4 is 4.90 Å². The van der Waals surface area contributed by atoms with Crippen LogP contribution in [0.25, 0.3) is 22.3 Å². The van der Waals surface area contributed by atoms with Crippen LogP contribution in [0.2, 0.25) is 0 Å². The Morgan fingerprint density at radius 2 is 2.00 bits per heavy atom. The molecule has 2 aromatic heterocycles. The molecule has 1 aliphatic rings. The Hall–Kier alpha value is -3.45. The van der Waals surface area contributed by atoms with E-state index in [2.05, 4.69) is 31.4 Å². The van der Waals surface area contributed by atoms with Crippen molar-refractivity contribution in [2.24, 2.45) is 4.99 Å². The SMILES string of the molecule is C=CC=NC(Cc1ccc(F)c(-c2ncnc3cc(N4CCOCC4)cnc23)c1)=C(C)C. The van der Waals surface area contributed by atoms with Gasteiger partial charge in [0.15, 0.2) is 0 Å². The van der Waals surface area contributed by atoms with E-state index in [0.29, 0.717) is 41.9 Å². The fourth-order valence-electron chi connectivity index (χ4n) is 3.68. The van der Waals surface area contributed by atoms with Crippen molar-refractivity contribution in [3.8, 4) is 11.3 Å². The fourth-order valence-corrected chi connectivity index (χ4v) is 3.68. The number of aromatic nitrogens is 3. The molecule has 6 nitrogen and oxygen atoms in total. The van der Waals surface area contributed by atoms with Crippen molar-refractivity contribution in [1.82, 2.24) is 15.0 Å². The normalized spacial score (nSPS) is 14.2. The molecule has 0 aliphatic carbocycles. The third-order valence-electron chi connectivity index (χ3n) is 5.41. The Balaban J connectivity index is 1.72. The zero-order chi connectivity index (χ0) is 22.5. The molecular formula is C25H26FN5O. The summed E-state index contributed by atoms with van der Waals surface area (Å²) in [6.07, 6.45) is 7.15. The maximum atomic E-state index is 14.9. The number of ether oxygens (including phenoxy) is 1. The van der Waals surface area contributed by atoms with Gasteiger partial charge in [-0.1, -0.05) is 24.3 Å². The maximum absolute atomic E-state index is 14.9. The molecule has 0 unspecified atom stereocenters. The number of hydrogen-bond acceptors (Lipinski definition) is 6. The number of allylic oxidation sites excluding steroid dienone is 3. The van der Waals surface area contributed by atoms with E-state index in [1.54, 1.807) is 24.6 Å². The number of halogens is 1. The molecule has 3 heterocycles. The Bertz CT molecular complexity index is 1190. The number of hydrogen-bond donors (Lipinski definition) is 0. The monoisotopic (exact) mass is 431 g/mol. The van der Waals surface area contributed by atoms with Crippen molar-refractivity contribution in [2.75, 3.05) is 31.2 Å². The third kappa shape index (κ3) is 4.73. The highest BCUT2D eigenvalue weighted by atomic mass is 19.1. The van der Waals surface area contributed by atoms with Crippen LogP contribution in [0.3, 0.4) is 0 Å². The van der Waals surface area contributed by atoms with Crippen LogP contribution in [0.4, 0.5) is 10.1 Å². The highest BCUT2D eigenvalue weighted by Gasteiger charge is 2.17. The summed E-state index contributed by atoms with van der Waals surface area (Å²) in [6.45, 7) is 10.7. The minimum absolute atomic E-state index is 0.346. The zero-order valence-corrected chi connectivity index (χ0v) is 18.4. The van der Waals surface area contributed by atoms with Crippen molar-refractivity contribution in [3.05, 3.63) is 72.1 Å². The Morgan fingerprint density at radius 3 is 2.75 bits per heavy atom. The number of pyridine rings is 1. The molecule has 0 saturated carbocycles. The minimum Gasteiger partial charge on any atom is -0.378 e. The van der Waals surface area contributed by atoms with Gasteiger partial charge >= 0.3 is 0 Å². The molecule has 1 aromatic carbocycles. The van der Waals surface area contributed by atoms with E-state index in [0.717, 1.165) is 35.6 Å². The predicted molar refractivity (Wildman–Crippen MR) is 127 cm³/mol. The van der Waals surface area contributed by atoms with Gasteiger partial charge < -0.3 is 9.64 Å². The van der Waals surface area contributed by atoms with E-state index in [9.17, 15) is 4.39 Å². The number of benzene rings is 1. The Labute approximate surface area is 187 Å². The van der Waals surface area contributed by atoms with Crippen molar-refractivity contribution in [1.29, 1.82) is 0 Å². The summed E-state index contributed by atoms with van der Waals surface area (Å²) in [4.78, 5) is 20.1. The number of morpholine rings is 1. The van der Waals surface area contributed by atoms with Gasteiger partial charge in [0.1, 0.15) is 23.4 Å². The highest BCUT2D eigenvalue weighted by molar-refractivity contribution is 5.90. The smallest absolute Gasteiger partial charge is 0.132 e. The summed E-state index contributed by atoms with van der Waals surface area (Å²) in [5, 5.41) is 0. The second-order valence-corrected chi connectivity index (χ2v) is 7.83. The van der Waals surface area contributed by atoms with Crippen molar-refractivity contribution < 1.29 is 9.13 Å². The average molecular weight is 432 g/mol. The minimum atomic E-state index is -0.346. The molecule has 7 heteroatoms. The number of fused-ring (bicyclic) bond motifs is 1. The molecule has 32 heavy (non-hydrogen) atoms. The molecule has 1 saturated heterocycles. The van der Waals surface area contributed by atoms with Gasteiger partial charge in [-0.25, -0.2) is 14.4 Å². The Kier molecular flexibility index (Phi) is 6.66. The molecule has 0 bridgehead atoms. The van der Waals surface area contributed by atoms with Crippen LogP contribution in [-0.4, -0.2) is 47.5 Å². The topological polar surface area (TPSA) is 63.5 Å². The average Bonchev–Trinajstić information content (AvgIpc) is 2.82. The fraction of sp³-hybridized carbons (Fsp3) is 0.280. The molecule has 0 spiro atoms. The largest absolute Gasteiger partial charge is 0.378 e. The molecule has 0 atom stereocenters. The summed E-state index contributed by atoms with van der Waals surface area (Å²) in [7, 11) is 0. The first kappa shape index (κ1) is 21.8. The van der Waals surface area contributed by atoms with Crippen molar-refractivity contribution >= 4 is 22.9 Å². The number of nitrogens with zero attached hydrogens (tertiary/aromatic N) is 5. The van der Waals surface area contributed by atoms with Gasteiger partial charge in [-0.15, -0.1) is 0 Å². The van der Waals surface area contributed by atoms with Crippen LogP contribution in [0.15, 0.2) is 65.7 Å². The lowest BCUT2D eigenvalue weighted by Crippen LogP contribution is -2.36. The van der Waals surface area contributed by atoms with Gasteiger partial charge in [-0.3, -0.25) is 9.98 Å². The molecule has 1 aliphatic heterocycles. The number of anilines is 1. The molecule has 0 N–H and O–H groups in total. The van der Waals surface area contributed by atoms with Gasteiger partial charge in [-0.2, -0.15) is 0 Å². The lowest BCUT2D eigenvalue weighted by Gasteiger charge is -2.28. The van der Waals surface area contributed by atoms with Crippen LogP contribution >= 0.6 is 0 Å². The Morgan fingerprint density at radius 1 is 1.19 bits per heavy atom. The molecule has 0 amide bonds. The molecule has 0 radical (unpaired) electrons. The summed E-state index contributed by atoms with van der Waals surface area (Å²) in [5.41, 5.74) is 6.08. The van der Waals surface area contributed by atoms with Crippen LogP contribution in [0, 0.1) is 5.82 Å². The summed E-state index contributed by atoms with van der Waals surface area (Å²) in [5.74, 6) is -0.346. The molecule has 164 valence electrons. The second kappa shape index (κ2) is 9.78. The third-order valence-corrected chi connectivity index (χ3v) is 5.41. The highest BCUT2D eigenvalue weighted by Crippen LogP contribution is 2.30.